The zero-order valence-corrected chi connectivity index (χ0v) is 24.0. The Balaban J connectivity index is 1.32. The number of benzene rings is 1. The zero-order valence-electron chi connectivity index (χ0n) is 22.5. The quantitative estimate of drug-likeness (QED) is 0.464. The average Bonchev–Trinajstić information content (AvgIpc) is 3.54. The number of hydrogen-bond donors (Lipinski definition) is 2. The molecule has 2 saturated heterocycles. The lowest BCUT2D eigenvalue weighted by molar-refractivity contribution is -0.145. The lowest BCUT2D eigenvalue weighted by Crippen LogP contribution is -2.59. The molecule has 6 unspecified atom stereocenters. The van der Waals surface area contributed by atoms with Gasteiger partial charge >= 0.3 is 0 Å². The summed E-state index contributed by atoms with van der Waals surface area (Å²) >= 11 is 12.3. The van der Waals surface area contributed by atoms with Crippen LogP contribution in [0.15, 0.2) is 30.4 Å². The van der Waals surface area contributed by atoms with E-state index in [0.29, 0.717) is 27.6 Å². The number of anilines is 1. The van der Waals surface area contributed by atoms with E-state index in [9.17, 15) is 14.4 Å². The van der Waals surface area contributed by atoms with Gasteiger partial charge in [-0.05, 0) is 49.3 Å². The van der Waals surface area contributed by atoms with Crippen LogP contribution in [0.4, 0.5) is 5.69 Å². The monoisotopic (exact) mass is 573 g/mol. The van der Waals surface area contributed by atoms with Gasteiger partial charge in [0.15, 0.2) is 0 Å². The highest BCUT2D eigenvalue weighted by Gasteiger charge is 2.73. The van der Waals surface area contributed by atoms with Gasteiger partial charge in [-0.1, -0.05) is 81.3 Å². The topological polar surface area (TPSA) is 87.7 Å². The van der Waals surface area contributed by atoms with Crippen molar-refractivity contribution in [1.82, 2.24) is 10.2 Å². The molecule has 2 N–H and O–H groups in total. The number of likely N-dealkylation sites (tertiary alicyclic amines) is 1. The van der Waals surface area contributed by atoms with E-state index in [4.69, 9.17) is 27.9 Å². The summed E-state index contributed by atoms with van der Waals surface area (Å²) in [4.78, 5) is 44.0. The second kappa shape index (κ2) is 10.4. The Kier molecular flexibility index (Phi) is 7.22. The van der Waals surface area contributed by atoms with E-state index in [-0.39, 0.29) is 29.8 Å². The van der Waals surface area contributed by atoms with Crippen molar-refractivity contribution in [3.8, 4) is 0 Å². The second-order valence-electron chi connectivity index (χ2n) is 12.3. The molecule has 0 aromatic heterocycles. The Morgan fingerprint density at radius 3 is 2.41 bits per heavy atom. The molecule has 1 aromatic carbocycles. The van der Waals surface area contributed by atoms with Gasteiger partial charge in [0.05, 0.1) is 17.9 Å². The third-order valence-electron chi connectivity index (χ3n) is 10.00. The number of nitrogens with one attached hydrogen (secondary N) is 2. The molecule has 39 heavy (non-hydrogen) atoms. The second-order valence-corrected chi connectivity index (χ2v) is 13.1. The van der Waals surface area contributed by atoms with E-state index in [1.807, 2.05) is 12.2 Å². The van der Waals surface area contributed by atoms with Crippen molar-refractivity contribution >= 4 is 46.6 Å². The van der Waals surface area contributed by atoms with Crippen LogP contribution >= 0.6 is 23.2 Å². The van der Waals surface area contributed by atoms with Crippen LogP contribution in [0, 0.1) is 23.7 Å². The molecule has 210 valence electrons. The van der Waals surface area contributed by atoms with Gasteiger partial charge in [-0.25, -0.2) is 0 Å². The van der Waals surface area contributed by atoms with Crippen LogP contribution in [-0.4, -0.2) is 52.5 Å². The van der Waals surface area contributed by atoms with E-state index in [1.54, 1.807) is 23.1 Å². The molecule has 0 radical (unpaired) electrons. The molecule has 2 saturated carbocycles. The summed E-state index contributed by atoms with van der Waals surface area (Å²) in [6.45, 7) is 4.44. The molecule has 1 spiro atoms. The standard InChI is InChI=1S/C30H37Cl2N3O4/c1-16-7-6-10-22(17(16)2)34-28(37)26-30-12-11-23(39-30)24(27(36)33-20-14-18(31)13-19(32)15-20)25(30)29(38)35(26)21-8-4-3-5-9-21/h11-17,21-26H,3-10H2,1-2H3,(H,33,36)(H,34,37)/t16?,17?,22?,23-,24?,25-,26?,30?/m0/s1. The minimum absolute atomic E-state index is 0.0313. The third kappa shape index (κ3) is 4.58. The molecular formula is C30H37Cl2N3O4. The first kappa shape index (κ1) is 27.1. The van der Waals surface area contributed by atoms with Crippen LogP contribution in [0.25, 0.3) is 0 Å². The van der Waals surface area contributed by atoms with Crippen LogP contribution in [0.5, 0.6) is 0 Å². The number of rotatable bonds is 5. The average molecular weight is 575 g/mol. The van der Waals surface area contributed by atoms with Crippen molar-refractivity contribution in [2.24, 2.45) is 23.7 Å². The van der Waals surface area contributed by atoms with E-state index in [0.717, 1.165) is 51.4 Å². The fourth-order valence-corrected chi connectivity index (χ4v) is 8.38. The van der Waals surface area contributed by atoms with Gasteiger partial charge in [0.2, 0.25) is 17.7 Å². The number of amides is 3. The van der Waals surface area contributed by atoms with Gasteiger partial charge in [0.25, 0.3) is 0 Å². The maximum atomic E-state index is 14.3. The normalized spacial score (nSPS) is 37.7. The number of ether oxygens (including phenoxy) is 1. The molecule has 3 heterocycles. The summed E-state index contributed by atoms with van der Waals surface area (Å²) in [7, 11) is 0. The van der Waals surface area contributed by atoms with E-state index >= 15 is 0 Å². The molecule has 6 rings (SSSR count). The number of fused-ring (bicyclic) bond motifs is 1. The number of carbonyl (C=O) groups excluding carboxylic acids is 3. The first-order chi connectivity index (χ1) is 18.7. The first-order valence-electron chi connectivity index (χ1n) is 14.5. The fourth-order valence-electron chi connectivity index (χ4n) is 7.86. The maximum Gasteiger partial charge on any atom is 0.246 e. The van der Waals surface area contributed by atoms with Crippen LogP contribution in [0.3, 0.4) is 0 Å². The Morgan fingerprint density at radius 2 is 1.69 bits per heavy atom. The molecule has 3 amide bonds. The van der Waals surface area contributed by atoms with Crippen molar-refractivity contribution in [3.63, 3.8) is 0 Å². The first-order valence-corrected chi connectivity index (χ1v) is 15.2. The highest BCUT2D eigenvalue weighted by atomic mass is 35.5. The third-order valence-corrected chi connectivity index (χ3v) is 10.4. The van der Waals surface area contributed by atoms with Gasteiger partial charge in [0.1, 0.15) is 11.6 Å². The molecule has 9 heteroatoms. The van der Waals surface area contributed by atoms with Gasteiger partial charge in [0, 0.05) is 27.8 Å². The zero-order chi connectivity index (χ0) is 27.5. The van der Waals surface area contributed by atoms with Crippen molar-refractivity contribution in [1.29, 1.82) is 0 Å². The number of nitrogens with zero attached hydrogens (tertiary/aromatic N) is 1. The lowest BCUT2D eigenvalue weighted by Gasteiger charge is -2.40. The Hall–Kier alpha value is -2.09. The molecule has 1 aromatic rings. The van der Waals surface area contributed by atoms with Crippen LogP contribution in [0.1, 0.15) is 65.2 Å². The summed E-state index contributed by atoms with van der Waals surface area (Å²) in [5.41, 5.74) is -0.691. The van der Waals surface area contributed by atoms with Crippen LogP contribution in [-0.2, 0) is 19.1 Å². The summed E-state index contributed by atoms with van der Waals surface area (Å²) in [5, 5.41) is 7.05. The largest absolute Gasteiger partial charge is 0.359 e. The molecule has 3 aliphatic heterocycles. The summed E-state index contributed by atoms with van der Waals surface area (Å²) in [5.74, 6) is -1.27. The van der Waals surface area contributed by atoms with Crippen molar-refractivity contribution in [2.45, 2.75) is 95.0 Å². The van der Waals surface area contributed by atoms with E-state index in [1.165, 1.54) is 0 Å². The summed E-state index contributed by atoms with van der Waals surface area (Å²) in [6, 6.07) is 4.08. The van der Waals surface area contributed by atoms with Crippen LogP contribution < -0.4 is 10.6 Å². The van der Waals surface area contributed by atoms with Gasteiger partial charge in [-0.3, -0.25) is 14.4 Å². The predicted molar refractivity (Wildman–Crippen MR) is 150 cm³/mol. The Morgan fingerprint density at radius 1 is 0.974 bits per heavy atom. The predicted octanol–water partition coefficient (Wildman–Crippen LogP) is 5.36. The van der Waals surface area contributed by atoms with Gasteiger partial charge in [-0.15, -0.1) is 0 Å². The van der Waals surface area contributed by atoms with E-state index < -0.39 is 29.6 Å². The lowest BCUT2D eigenvalue weighted by atomic mass is 9.73. The molecule has 7 nitrogen and oxygen atoms in total. The fraction of sp³-hybridized carbons (Fsp3) is 0.633. The number of carbonyl (C=O) groups is 3. The number of halogens is 2. The van der Waals surface area contributed by atoms with Gasteiger partial charge < -0.3 is 20.3 Å². The highest BCUT2D eigenvalue weighted by molar-refractivity contribution is 6.35. The summed E-state index contributed by atoms with van der Waals surface area (Å²) < 4.78 is 6.52. The minimum Gasteiger partial charge on any atom is -0.359 e. The Bertz CT molecular complexity index is 1180. The Labute approximate surface area is 240 Å². The number of hydrogen-bond acceptors (Lipinski definition) is 4. The SMILES string of the molecule is CC1CCCC(NC(=O)C2N(C3CCCCC3)C(=O)[C@@H]3C(C(=O)Nc4cc(Cl)cc(Cl)c4)[C@@H]4C=CC23O4)C1C. The maximum absolute atomic E-state index is 14.3. The highest BCUT2D eigenvalue weighted by Crippen LogP contribution is 2.56. The van der Waals surface area contributed by atoms with Crippen molar-refractivity contribution < 1.29 is 19.1 Å². The van der Waals surface area contributed by atoms with Crippen molar-refractivity contribution in [2.75, 3.05) is 5.32 Å². The molecule has 2 bridgehead atoms. The smallest absolute Gasteiger partial charge is 0.246 e. The molecule has 5 aliphatic rings. The summed E-state index contributed by atoms with van der Waals surface area (Å²) in [6.07, 6.45) is 11.2. The van der Waals surface area contributed by atoms with Gasteiger partial charge in [-0.2, -0.15) is 0 Å². The van der Waals surface area contributed by atoms with Crippen LogP contribution in [0.2, 0.25) is 10.0 Å². The molecular weight excluding hydrogens is 537 g/mol. The molecule has 8 atom stereocenters. The molecule has 2 aliphatic carbocycles. The minimum atomic E-state index is -1.15. The molecule has 4 fully saturated rings. The van der Waals surface area contributed by atoms with Crippen molar-refractivity contribution in [3.05, 3.63) is 40.4 Å². The van der Waals surface area contributed by atoms with E-state index in [2.05, 4.69) is 24.5 Å².